The molecule has 1 unspecified atom stereocenters. The number of carboxylic acid groups (broad SMARTS) is 1. The number of nitrogens with zero attached hydrogens (tertiary/aromatic N) is 2. The van der Waals surface area contributed by atoms with Gasteiger partial charge in [0.15, 0.2) is 0 Å². The molecule has 1 aliphatic rings. The number of sulfone groups is 1. The maximum atomic E-state index is 13.5. The van der Waals surface area contributed by atoms with Crippen LogP contribution in [0.5, 0.6) is 0 Å². The van der Waals surface area contributed by atoms with Crippen LogP contribution >= 0.6 is 0 Å². The minimum Gasteiger partial charge on any atom is -0.478 e. The first-order valence-electron chi connectivity index (χ1n) is 10.9. The number of alkyl halides is 3. The van der Waals surface area contributed by atoms with Crippen LogP contribution in [0.15, 0.2) is 93.9 Å². The molecule has 0 spiro atoms. The molecule has 2 amide bonds. The topological polar surface area (TPSA) is 128 Å². The number of rotatable bonds is 5. The summed E-state index contributed by atoms with van der Waals surface area (Å²) in [4.78, 5) is 25.8. The van der Waals surface area contributed by atoms with Crippen molar-refractivity contribution in [3.63, 3.8) is 0 Å². The van der Waals surface area contributed by atoms with Gasteiger partial charge in [0.1, 0.15) is 0 Å². The SMILES string of the molecule is CC1=C(C(=O)O)C(c2ccc(C#N)cc2S(=O)(=O)c2ccccc2)NC(=O)N1c1cccc(C(F)(F)F)c1. The Morgan fingerprint density at radius 1 is 1.05 bits per heavy atom. The van der Waals surface area contributed by atoms with Gasteiger partial charge in [-0.25, -0.2) is 18.0 Å². The number of urea groups is 1. The van der Waals surface area contributed by atoms with E-state index in [4.69, 9.17) is 0 Å². The Hall–Kier alpha value is -4.63. The fourth-order valence-electron chi connectivity index (χ4n) is 4.19. The summed E-state index contributed by atoms with van der Waals surface area (Å²) in [6.45, 7) is 1.24. The van der Waals surface area contributed by atoms with Gasteiger partial charge in [-0.15, -0.1) is 0 Å². The summed E-state index contributed by atoms with van der Waals surface area (Å²) in [6.07, 6.45) is -4.71. The van der Waals surface area contributed by atoms with Crippen molar-refractivity contribution in [3.8, 4) is 6.07 Å². The lowest BCUT2D eigenvalue weighted by molar-refractivity contribution is -0.137. The Balaban J connectivity index is 1.92. The highest BCUT2D eigenvalue weighted by Gasteiger charge is 2.40. The van der Waals surface area contributed by atoms with Crippen LogP contribution in [-0.2, 0) is 20.8 Å². The van der Waals surface area contributed by atoms with E-state index in [1.807, 2.05) is 6.07 Å². The fourth-order valence-corrected chi connectivity index (χ4v) is 5.73. The molecule has 0 radical (unpaired) electrons. The van der Waals surface area contributed by atoms with Crippen LogP contribution in [0.4, 0.5) is 23.7 Å². The standard InChI is InChI=1S/C26H18F3N3O5S/c1-15-22(24(33)34)23(31-25(35)32(15)18-7-5-6-17(13-18)26(27,28)29)20-11-10-16(14-30)12-21(20)38(36,37)19-8-3-2-4-9-19/h2-13,23H,1H3,(H,31,35)(H,33,34). The summed E-state index contributed by atoms with van der Waals surface area (Å²) < 4.78 is 66.9. The highest BCUT2D eigenvalue weighted by molar-refractivity contribution is 7.91. The van der Waals surface area contributed by atoms with Crippen LogP contribution in [0.2, 0.25) is 0 Å². The Morgan fingerprint density at radius 2 is 1.74 bits per heavy atom. The molecule has 194 valence electrons. The van der Waals surface area contributed by atoms with Gasteiger partial charge in [0.2, 0.25) is 9.84 Å². The molecule has 1 heterocycles. The lowest BCUT2D eigenvalue weighted by Gasteiger charge is -2.35. The molecule has 0 saturated carbocycles. The molecule has 0 bridgehead atoms. The number of nitrogens with one attached hydrogen (secondary N) is 1. The molecule has 3 aromatic carbocycles. The molecule has 1 atom stereocenters. The number of amides is 2. The average Bonchev–Trinajstić information content (AvgIpc) is 2.88. The van der Waals surface area contributed by atoms with Crippen molar-refractivity contribution in [2.45, 2.75) is 28.9 Å². The second-order valence-corrected chi connectivity index (χ2v) is 10.2. The lowest BCUT2D eigenvalue weighted by atomic mass is 9.94. The predicted molar refractivity (Wildman–Crippen MR) is 129 cm³/mol. The molecule has 0 aliphatic carbocycles. The van der Waals surface area contributed by atoms with Gasteiger partial charge in [-0.3, -0.25) is 4.90 Å². The van der Waals surface area contributed by atoms with Gasteiger partial charge in [0, 0.05) is 5.70 Å². The number of hydrogen-bond donors (Lipinski definition) is 2. The number of anilines is 1. The van der Waals surface area contributed by atoms with E-state index in [0.717, 1.165) is 23.1 Å². The summed E-state index contributed by atoms with van der Waals surface area (Å²) in [5, 5.41) is 21.9. The molecule has 0 aromatic heterocycles. The second-order valence-electron chi connectivity index (χ2n) is 8.25. The number of carbonyl (C=O) groups is 2. The highest BCUT2D eigenvalue weighted by atomic mass is 32.2. The molecule has 1 aliphatic heterocycles. The summed E-state index contributed by atoms with van der Waals surface area (Å²) in [5.41, 5.74) is -2.09. The van der Waals surface area contributed by atoms with Gasteiger partial charge in [-0.2, -0.15) is 18.4 Å². The zero-order valence-corrected chi connectivity index (χ0v) is 20.3. The zero-order valence-electron chi connectivity index (χ0n) is 19.5. The minimum absolute atomic E-state index is 0.0199. The Bertz CT molecular complexity index is 1630. The number of hydrogen-bond acceptors (Lipinski definition) is 5. The second kappa shape index (κ2) is 9.68. The van der Waals surface area contributed by atoms with Crippen molar-refractivity contribution in [1.29, 1.82) is 5.26 Å². The lowest BCUT2D eigenvalue weighted by Crippen LogP contribution is -2.48. The van der Waals surface area contributed by atoms with Gasteiger partial charge in [0.25, 0.3) is 0 Å². The Morgan fingerprint density at radius 3 is 2.34 bits per heavy atom. The van der Waals surface area contributed by atoms with Gasteiger partial charge in [-0.05, 0) is 55.0 Å². The van der Waals surface area contributed by atoms with Gasteiger partial charge in [-0.1, -0.05) is 30.3 Å². The van der Waals surface area contributed by atoms with Gasteiger partial charge < -0.3 is 10.4 Å². The first-order valence-corrected chi connectivity index (χ1v) is 12.4. The maximum absolute atomic E-state index is 13.5. The number of carbonyl (C=O) groups excluding carboxylic acids is 1. The predicted octanol–water partition coefficient (Wildman–Crippen LogP) is 5.04. The van der Waals surface area contributed by atoms with Crippen molar-refractivity contribution in [1.82, 2.24) is 5.32 Å². The third-order valence-corrected chi connectivity index (χ3v) is 7.77. The van der Waals surface area contributed by atoms with Crippen molar-refractivity contribution >= 4 is 27.5 Å². The number of aliphatic carboxylic acids is 1. The van der Waals surface area contributed by atoms with Crippen LogP contribution in [-0.4, -0.2) is 25.5 Å². The van der Waals surface area contributed by atoms with E-state index in [-0.39, 0.29) is 27.4 Å². The Labute approximate surface area is 215 Å². The summed E-state index contributed by atoms with van der Waals surface area (Å²) in [5.74, 6) is -1.53. The molecular formula is C26H18F3N3O5S. The first-order chi connectivity index (χ1) is 17.9. The molecule has 0 saturated heterocycles. The molecule has 4 rings (SSSR count). The molecule has 38 heavy (non-hydrogen) atoms. The third-order valence-electron chi connectivity index (χ3n) is 5.94. The average molecular weight is 542 g/mol. The molecule has 0 fully saturated rings. The highest BCUT2D eigenvalue weighted by Crippen LogP contribution is 2.39. The van der Waals surface area contributed by atoms with Crippen LogP contribution in [0.25, 0.3) is 0 Å². The smallest absolute Gasteiger partial charge is 0.416 e. The number of nitriles is 1. The molecule has 12 heteroatoms. The summed E-state index contributed by atoms with van der Waals surface area (Å²) >= 11 is 0. The quantitative estimate of drug-likeness (QED) is 0.466. The van der Waals surface area contributed by atoms with E-state index in [0.29, 0.717) is 6.07 Å². The van der Waals surface area contributed by atoms with Crippen molar-refractivity contribution in [2.24, 2.45) is 0 Å². The van der Waals surface area contributed by atoms with Gasteiger partial charge in [0.05, 0.1) is 44.3 Å². The monoisotopic (exact) mass is 541 g/mol. The third kappa shape index (κ3) is 4.71. The number of allylic oxidation sites excluding steroid dienone is 1. The van der Waals surface area contributed by atoms with Crippen molar-refractivity contribution in [3.05, 3.63) is 101 Å². The van der Waals surface area contributed by atoms with Crippen molar-refractivity contribution in [2.75, 3.05) is 4.90 Å². The van der Waals surface area contributed by atoms with E-state index in [9.17, 15) is 41.5 Å². The maximum Gasteiger partial charge on any atom is 0.416 e. The molecule has 8 nitrogen and oxygen atoms in total. The number of halogens is 3. The molecular weight excluding hydrogens is 523 g/mol. The van der Waals surface area contributed by atoms with E-state index < -0.39 is 50.1 Å². The van der Waals surface area contributed by atoms with Crippen molar-refractivity contribution < 1.29 is 36.3 Å². The van der Waals surface area contributed by atoms with E-state index >= 15 is 0 Å². The zero-order chi connectivity index (χ0) is 27.8. The van der Waals surface area contributed by atoms with Gasteiger partial charge >= 0.3 is 18.2 Å². The first kappa shape index (κ1) is 26.4. The number of carboxylic acids is 1. The van der Waals surface area contributed by atoms with E-state index in [1.54, 1.807) is 6.07 Å². The van der Waals surface area contributed by atoms with Crippen LogP contribution in [0.1, 0.15) is 29.7 Å². The largest absolute Gasteiger partial charge is 0.478 e. The normalized spacial score (nSPS) is 16.1. The van der Waals surface area contributed by atoms with Crippen LogP contribution in [0.3, 0.4) is 0 Å². The Kier molecular flexibility index (Phi) is 6.73. The fraction of sp³-hybridized carbons (Fsp3) is 0.115. The minimum atomic E-state index is -4.71. The van der Waals surface area contributed by atoms with Crippen LogP contribution in [0, 0.1) is 11.3 Å². The summed E-state index contributed by atoms with van der Waals surface area (Å²) in [7, 11) is -4.28. The molecule has 3 aromatic rings. The summed E-state index contributed by atoms with van der Waals surface area (Å²) in [6, 6.07) is 14.0. The van der Waals surface area contributed by atoms with Crippen LogP contribution < -0.4 is 10.2 Å². The van der Waals surface area contributed by atoms with E-state index in [1.165, 1.54) is 49.4 Å². The number of benzene rings is 3. The molecule has 2 N–H and O–H groups in total. The van der Waals surface area contributed by atoms with E-state index in [2.05, 4.69) is 5.32 Å².